The summed E-state index contributed by atoms with van der Waals surface area (Å²) >= 11 is 0. The van der Waals surface area contributed by atoms with Gasteiger partial charge in [0.2, 0.25) is 0 Å². The zero-order valence-corrected chi connectivity index (χ0v) is 9.12. The molecule has 0 atom stereocenters. The SMILES string of the molecule is C=CCn1c2c(nc(C)c1=O)CCCC2. The minimum atomic E-state index is 0.0375. The maximum absolute atomic E-state index is 11.9. The second kappa shape index (κ2) is 4.01. The summed E-state index contributed by atoms with van der Waals surface area (Å²) in [6, 6.07) is 0. The molecule has 0 spiro atoms. The molecular formula is C12H16N2O. The molecule has 0 aliphatic heterocycles. The maximum Gasteiger partial charge on any atom is 0.272 e. The lowest BCUT2D eigenvalue weighted by Gasteiger charge is -2.19. The van der Waals surface area contributed by atoms with Crippen molar-refractivity contribution in [2.45, 2.75) is 39.2 Å². The Morgan fingerprint density at radius 3 is 2.93 bits per heavy atom. The number of aromatic nitrogens is 2. The average molecular weight is 204 g/mol. The van der Waals surface area contributed by atoms with Crippen LogP contribution < -0.4 is 5.56 Å². The average Bonchev–Trinajstić information content (AvgIpc) is 2.25. The highest BCUT2D eigenvalue weighted by Gasteiger charge is 2.16. The van der Waals surface area contributed by atoms with Crippen LogP contribution in [0.2, 0.25) is 0 Å². The van der Waals surface area contributed by atoms with E-state index in [9.17, 15) is 4.79 Å². The van der Waals surface area contributed by atoms with Crippen LogP contribution in [0.5, 0.6) is 0 Å². The Balaban J connectivity index is 2.62. The van der Waals surface area contributed by atoms with Crippen LogP contribution in [0.1, 0.15) is 29.9 Å². The number of fused-ring (bicyclic) bond motifs is 1. The van der Waals surface area contributed by atoms with Crippen LogP contribution >= 0.6 is 0 Å². The first-order chi connectivity index (χ1) is 7.24. The summed E-state index contributed by atoms with van der Waals surface area (Å²) in [6.45, 7) is 6.09. The van der Waals surface area contributed by atoms with Gasteiger partial charge in [-0.2, -0.15) is 0 Å². The summed E-state index contributed by atoms with van der Waals surface area (Å²) in [7, 11) is 0. The van der Waals surface area contributed by atoms with E-state index >= 15 is 0 Å². The van der Waals surface area contributed by atoms with Gasteiger partial charge in [0.1, 0.15) is 5.69 Å². The Morgan fingerprint density at radius 2 is 2.20 bits per heavy atom. The van der Waals surface area contributed by atoms with E-state index in [0.717, 1.165) is 30.7 Å². The number of aryl methyl sites for hydroxylation is 2. The number of nitrogens with zero attached hydrogens (tertiary/aromatic N) is 2. The molecule has 3 nitrogen and oxygen atoms in total. The van der Waals surface area contributed by atoms with E-state index in [2.05, 4.69) is 11.6 Å². The summed E-state index contributed by atoms with van der Waals surface area (Å²) in [4.78, 5) is 16.3. The van der Waals surface area contributed by atoms with Crippen molar-refractivity contribution in [3.63, 3.8) is 0 Å². The minimum absolute atomic E-state index is 0.0375. The molecular weight excluding hydrogens is 188 g/mol. The molecule has 3 heteroatoms. The standard InChI is InChI=1S/C12H16N2O/c1-3-8-14-11-7-5-4-6-10(11)13-9(2)12(14)15/h3H,1,4-8H2,2H3. The predicted octanol–water partition coefficient (Wildman–Crippen LogP) is 1.62. The van der Waals surface area contributed by atoms with Crippen molar-refractivity contribution >= 4 is 0 Å². The van der Waals surface area contributed by atoms with Crippen molar-refractivity contribution in [2.24, 2.45) is 0 Å². The molecule has 0 unspecified atom stereocenters. The van der Waals surface area contributed by atoms with E-state index in [4.69, 9.17) is 0 Å². The molecule has 1 aromatic heterocycles. The van der Waals surface area contributed by atoms with Crippen molar-refractivity contribution in [3.8, 4) is 0 Å². The van der Waals surface area contributed by atoms with Crippen LogP contribution in [0, 0.1) is 6.92 Å². The Morgan fingerprint density at radius 1 is 1.47 bits per heavy atom. The highest BCUT2D eigenvalue weighted by molar-refractivity contribution is 5.19. The molecule has 1 aromatic rings. The normalized spacial score (nSPS) is 14.7. The molecule has 1 aliphatic rings. The molecule has 0 saturated carbocycles. The fraction of sp³-hybridized carbons (Fsp3) is 0.500. The third-order valence-electron chi connectivity index (χ3n) is 2.91. The largest absolute Gasteiger partial charge is 0.305 e. The van der Waals surface area contributed by atoms with E-state index < -0.39 is 0 Å². The van der Waals surface area contributed by atoms with E-state index in [-0.39, 0.29) is 5.56 Å². The van der Waals surface area contributed by atoms with E-state index in [1.54, 1.807) is 13.0 Å². The maximum atomic E-state index is 11.9. The third kappa shape index (κ3) is 1.74. The lowest BCUT2D eigenvalue weighted by Crippen LogP contribution is -2.29. The van der Waals surface area contributed by atoms with Crippen LogP contribution in [-0.2, 0) is 19.4 Å². The number of hydrogen-bond donors (Lipinski definition) is 0. The summed E-state index contributed by atoms with van der Waals surface area (Å²) in [5, 5.41) is 0. The van der Waals surface area contributed by atoms with E-state index in [1.807, 2.05) is 4.57 Å². The Kier molecular flexibility index (Phi) is 2.71. The molecule has 0 amide bonds. The first-order valence-corrected chi connectivity index (χ1v) is 5.44. The quantitative estimate of drug-likeness (QED) is 0.686. The van der Waals surface area contributed by atoms with E-state index in [0.29, 0.717) is 12.2 Å². The topological polar surface area (TPSA) is 34.9 Å². The van der Waals surface area contributed by atoms with Crippen molar-refractivity contribution < 1.29 is 0 Å². The first-order valence-electron chi connectivity index (χ1n) is 5.44. The van der Waals surface area contributed by atoms with Gasteiger partial charge in [-0.15, -0.1) is 6.58 Å². The van der Waals surface area contributed by atoms with Gasteiger partial charge in [-0.3, -0.25) is 9.78 Å². The van der Waals surface area contributed by atoms with Crippen LogP contribution in [0.15, 0.2) is 17.4 Å². The van der Waals surface area contributed by atoms with E-state index in [1.165, 1.54) is 6.42 Å². The molecule has 1 aliphatic carbocycles. The zero-order valence-electron chi connectivity index (χ0n) is 9.12. The van der Waals surface area contributed by atoms with Crippen LogP contribution in [0.3, 0.4) is 0 Å². The van der Waals surface area contributed by atoms with Gasteiger partial charge in [0, 0.05) is 12.2 Å². The highest BCUT2D eigenvalue weighted by atomic mass is 16.1. The summed E-state index contributed by atoms with van der Waals surface area (Å²) in [5.41, 5.74) is 2.88. The Labute approximate surface area is 89.5 Å². The minimum Gasteiger partial charge on any atom is -0.305 e. The molecule has 0 aromatic carbocycles. The monoisotopic (exact) mass is 204 g/mol. The van der Waals surface area contributed by atoms with Crippen molar-refractivity contribution in [3.05, 3.63) is 40.1 Å². The fourth-order valence-corrected chi connectivity index (χ4v) is 2.17. The molecule has 0 saturated heterocycles. The highest BCUT2D eigenvalue weighted by Crippen LogP contribution is 2.18. The van der Waals surface area contributed by atoms with Gasteiger partial charge < -0.3 is 4.57 Å². The molecule has 0 N–H and O–H groups in total. The van der Waals surface area contributed by atoms with Crippen LogP contribution in [-0.4, -0.2) is 9.55 Å². The summed E-state index contributed by atoms with van der Waals surface area (Å²) in [5.74, 6) is 0. The number of hydrogen-bond acceptors (Lipinski definition) is 2. The van der Waals surface area contributed by atoms with Crippen molar-refractivity contribution in [2.75, 3.05) is 0 Å². The zero-order chi connectivity index (χ0) is 10.8. The number of rotatable bonds is 2. The first kappa shape index (κ1) is 10.1. The molecule has 0 fully saturated rings. The molecule has 1 heterocycles. The summed E-state index contributed by atoms with van der Waals surface area (Å²) in [6.07, 6.45) is 6.11. The number of allylic oxidation sites excluding steroid dienone is 1. The molecule has 2 rings (SSSR count). The van der Waals surface area contributed by atoms with Crippen LogP contribution in [0.4, 0.5) is 0 Å². The smallest absolute Gasteiger partial charge is 0.272 e. The third-order valence-corrected chi connectivity index (χ3v) is 2.91. The lowest BCUT2D eigenvalue weighted by atomic mass is 10.00. The molecule has 15 heavy (non-hydrogen) atoms. The Bertz CT molecular complexity index is 446. The molecule has 0 radical (unpaired) electrons. The Hall–Kier alpha value is -1.38. The van der Waals surface area contributed by atoms with Gasteiger partial charge >= 0.3 is 0 Å². The van der Waals surface area contributed by atoms with Gasteiger partial charge in [0.15, 0.2) is 0 Å². The predicted molar refractivity (Wildman–Crippen MR) is 60.1 cm³/mol. The van der Waals surface area contributed by atoms with Crippen molar-refractivity contribution in [1.29, 1.82) is 0 Å². The second-order valence-electron chi connectivity index (χ2n) is 4.00. The lowest BCUT2D eigenvalue weighted by molar-refractivity contribution is 0.583. The molecule has 0 bridgehead atoms. The van der Waals surface area contributed by atoms with Gasteiger partial charge in [-0.25, -0.2) is 0 Å². The van der Waals surface area contributed by atoms with Gasteiger partial charge in [-0.05, 0) is 32.6 Å². The second-order valence-corrected chi connectivity index (χ2v) is 4.00. The van der Waals surface area contributed by atoms with Gasteiger partial charge in [0.05, 0.1) is 5.69 Å². The van der Waals surface area contributed by atoms with Crippen LogP contribution in [0.25, 0.3) is 0 Å². The van der Waals surface area contributed by atoms with Crippen molar-refractivity contribution in [1.82, 2.24) is 9.55 Å². The van der Waals surface area contributed by atoms with Gasteiger partial charge in [-0.1, -0.05) is 6.08 Å². The van der Waals surface area contributed by atoms with Gasteiger partial charge in [0.25, 0.3) is 5.56 Å². The fourth-order valence-electron chi connectivity index (χ4n) is 2.17. The summed E-state index contributed by atoms with van der Waals surface area (Å²) < 4.78 is 1.82. The molecule has 80 valence electrons.